The molecule has 0 radical (unpaired) electrons. The topological polar surface area (TPSA) is 79.9 Å². The van der Waals surface area contributed by atoms with E-state index in [-0.39, 0.29) is 17.9 Å². The summed E-state index contributed by atoms with van der Waals surface area (Å²) in [6.07, 6.45) is 2.22. The maximum Gasteiger partial charge on any atom is 0.263 e. The number of anilines is 2. The Balaban J connectivity index is 1.93. The van der Waals surface area contributed by atoms with Gasteiger partial charge in [-0.05, 0) is 57.0 Å². The van der Waals surface area contributed by atoms with Crippen molar-refractivity contribution >= 4 is 23.2 Å². The molecule has 1 aliphatic heterocycles. The lowest BCUT2D eigenvalue weighted by atomic mass is 10.1. The van der Waals surface area contributed by atoms with Crippen LogP contribution in [0.2, 0.25) is 0 Å². The van der Waals surface area contributed by atoms with E-state index < -0.39 is 0 Å². The summed E-state index contributed by atoms with van der Waals surface area (Å²) in [5.74, 6) is 0.308. The quantitative estimate of drug-likeness (QED) is 0.726. The Bertz CT molecular complexity index is 898. The molecule has 1 aliphatic rings. The molecule has 30 heavy (non-hydrogen) atoms. The van der Waals surface area contributed by atoms with Crippen molar-refractivity contribution in [3.05, 3.63) is 47.5 Å². The Morgan fingerprint density at radius 2 is 1.60 bits per heavy atom. The number of nitrogens with one attached hydrogen (secondary N) is 2. The highest BCUT2D eigenvalue weighted by molar-refractivity contribution is 6.09. The second kappa shape index (κ2) is 9.52. The van der Waals surface area contributed by atoms with Gasteiger partial charge >= 0.3 is 0 Å². The molecule has 160 valence electrons. The van der Waals surface area contributed by atoms with Crippen LogP contribution in [0.3, 0.4) is 0 Å². The van der Waals surface area contributed by atoms with Crippen molar-refractivity contribution in [1.82, 2.24) is 5.32 Å². The third kappa shape index (κ3) is 4.67. The van der Waals surface area contributed by atoms with E-state index in [0.29, 0.717) is 28.3 Å². The number of carbonyl (C=O) groups is 2. The number of hydrogen-bond donors (Lipinski definition) is 2. The van der Waals surface area contributed by atoms with Crippen LogP contribution in [0, 0.1) is 0 Å². The van der Waals surface area contributed by atoms with Crippen LogP contribution in [0.4, 0.5) is 11.4 Å². The van der Waals surface area contributed by atoms with Gasteiger partial charge in [0.05, 0.1) is 19.8 Å². The summed E-state index contributed by atoms with van der Waals surface area (Å²) in [7, 11) is 3.01. The lowest BCUT2D eigenvalue weighted by molar-refractivity contribution is 0.0942. The van der Waals surface area contributed by atoms with E-state index in [1.807, 2.05) is 26.0 Å². The van der Waals surface area contributed by atoms with Gasteiger partial charge in [-0.3, -0.25) is 9.59 Å². The van der Waals surface area contributed by atoms with Gasteiger partial charge in [0.15, 0.2) is 0 Å². The van der Waals surface area contributed by atoms with Crippen molar-refractivity contribution < 1.29 is 19.1 Å². The van der Waals surface area contributed by atoms with Gasteiger partial charge in [-0.25, -0.2) is 0 Å². The van der Waals surface area contributed by atoms with E-state index >= 15 is 0 Å². The number of ether oxygens (including phenoxy) is 2. The van der Waals surface area contributed by atoms with E-state index in [1.165, 1.54) is 14.2 Å². The molecule has 2 aromatic carbocycles. The zero-order valence-corrected chi connectivity index (χ0v) is 18.0. The first-order valence-electron chi connectivity index (χ1n) is 10.2. The summed E-state index contributed by atoms with van der Waals surface area (Å²) < 4.78 is 10.7. The van der Waals surface area contributed by atoms with Crippen LogP contribution >= 0.6 is 0 Å². The first kappa shape index (κ1) is 21.5. The number of carbonyl (C=O) groups excluding carboxylic acids is 2. The molecule has 2 aromatic rings. The lowest BCUT2D eigenvalue weighted by Crippen LogP contribution is -2.32. The molecular formula is C23H29N3O4. The molecule has 7 heteroatoms. The maximum absolute atomic E-state index is 13.0. The summed E-state index contributed by atoms with van der Waals surface area (Å²) in [6, 6.07) is 10.6. The number of nitrogens with zero attached hydrogens (tertiary/aromatic N) is 1. The minimum Gasteiger partial charge on any atom is -0.496 e. The first-order valence-corrected chi connectivity index (χ1v) is 10.2. The van der Waals surface area contributed by atoms with Gasteiger partial charge < -0.3 is 25.0 Å². The highest BCUT2D eigenvalue weighted by atomic mass is 16.5. The predicted octanol–water partition coefficient (Wildman–Crippen LogP) is 3.69. The third-order valence-electron chi connectivity index (χ3n) is 5.02. The fraction of sp³-hybridized carbons (Fsp3) is 0.391. The monoisotopic (exact) mass is 411 g/mol. The van der Waals surface area contributed by atoms with Crippen LogP contribution < -0.4 is 25.0 Å². The van der Waals surface area contributed by atoms with Crippen molar-refractivity contribution in [2.24, 2.45) is 0 Å². The molecule has 1 heterocycles. The first-order chi connectivity index (χ1) is 14.4. The molecule has 0 unspecified atom stereocenters. The van der Waals surface area contributed by atoms with E-state index in [0.717, 1.165) is 31.6 Å². The summed E-state index contributed by atoms with van der Waals surface area (Å²) in [6.45, 7) is 5.69. The minimum atomic E-state index is -0.367. The summed E-state index contributed by atoms with van der Waals surface area (Å²) in [5, 5.41) is 5.83. The molecule has 7 nitrogen and oxygen atoms in total. The molecule has 0 aliphatic carbocycles. The fourth-order valence-electron chi connectivity index (χ4n) is 3.64. The van der Waals surface area contributed by atoms with E-state index in [4.69, 9.17) is 9.47 Å². The molecule has 1 fully saturated rings. The second-order valence-electron chi connectivity index (χ2n) is 7.55. The molecule has 0 saturated carbocycles. The number of amides is 2. The minimum absolute atomic E-state index is 0.0139. The largest absolute Gasteiger partial charge is 0.496 e. The standard InChI is InChI=1S/C23H29N3O4/c1-15(2)24-22(27)17-14-16(10-11-18(17)26-12-5-6-13-26)25-23(28)21-19(29-3)8-7-9-20(21)30-4/h7-11,14-15H,5-6,12-13H2,1-4H3,(H,24,27)(H,25,28). The van der Waals surface area contributed by atoms with Gasteiger partial charge in [-0.1, -0.05) is 6.07 Å². The van der Waals surface area contributed by atoms with Gasteiger partial charge in [-0.15, -0.1) is 0 Å². The number of methoxy groups -OCH3 is 2. The Labute approximate surface area is 177 Å². The number of hydrogen-bond acceptors (Lipinski definition) is 5. The van der Waals surface area contributed by atoms with Gasteiger partial charge in [-0.2, -0.15) is 0 Å². The maximum atomic E-state index is 13.0. The Morgan fingerprint density at radius 3 is 2.17 bits per heavy atom. The third-order valence-corrected chi connectivity index (χ3v) is 5.02. The van der Waals surface area contributed by atoms with E-state index in [9.17, 15) is 9.59 Å². The van der Waals surface area contributed by atoms with Crippen LogP contribution in [0.25, 0.3) is 0 Å². The molecule has 0 bridgehead atoms. The highest BCUT2D eigenvalue weighted by Crippen LogP contribution is 2.31. The van der Waals surface area contributed by atoms with Crippen molar-refractivity contribution in [3.63, 3.8) is 0 Å². The molecule has 2 N–H and O–H groups in total. The van der Waals surface area contributed by atoms with Gasteiger partial charge in [0.2, 0.25) is 0 Å². The van der Waals surface area contributed by atoms with Crippen molar-refractivity contribution in [2.45, 2.75) is 32.7 Å². The molecule has 1 saturated heterocycles. The Morgan fingerprint density at radius 1 is 0.967 bits per heavy atom. The van der Waals surface area contributed by atoms with Crippen LogP contribution in [0.5, 0.6) is 11.5 Å². The second-order valence-corrected chi connectivity index (χ2v) is 7.55. The molecular weight excluding hydrogens is 382 g/mol. The lowest BCUT2D eigenvalue weighted by Gasteiger charge is -2.22. The predicted molar refractivity (Wildman–Crippen MR) is 118 cm³/mol. The molecule has 0 aromatic heterocycles. The zero-order chi connectivity index (χ0) is 21.7. The Kier molecular flexibility index (Phi) is 6.82. The average molecular weight is 412 g/mol. The normalized spacial score (nSPS) is 13.3. The summed E-state index contributed by atoms with van der Waals surface area (Å²) >= 11 is 0. The van der Waals surface area contributed by atoms with Crippen LogP contribution in [-0.2, 0) is 0 Å². The summed E-state index contributed by atoms with van der Waals surface area (Å²) in [4.78, 5) is 28.1. The smallest absolute Gasteiger partial charge is 0.263 e. The van der Waals surface area contributed by atoms with Crippen molar-refractivity contribution in [1.29, 1.82) is 0 Å². The average Bonchev–Trinajstić information content (AvgIpc) is 3.27. The number of benzene rings is 2. The van der Waals surface area contributed by atoms with Gasteiger partial charge in [0.25, 0.3) is 11.8 Å². The SMILES string of the molecule is COc1cccc(OC)c1C(=O)Nc1ccc(N2CCCC2)c(C(=O)NC(C)C)c1. The van der Waals surface area contributed by atoms with E-state index in [1.54, 1.807) is 24.3 Å². The molecule has 0 spiro atoms. The van der Waals surface area contributed by atoms with Crippen LogP contribution in [-0.4, -0.2) is 45.2 Å². The van der Waals surface area contributed by atoms with Crippen LogP contribution in [0.15, 0.2) is 36.4 Å². The fourth-order valence-corrected chi connectivity index (χ4v) is 3.64. The molecule has 0 atom stereocenters. The molecule has 3 rings (SSSR count). The van der Waals surface area contributed by atoms with Crippen molar-refractivity contribution in [2.75, 3.05) is 37.5 Å². The molecule has 2 amide bonds. The van der Waals surface area contributed by atoms with Crippen molar-refractivity contribution in [3.8, 4) is 11.5 Å². The Hall–Kier alpha value is -3.22. The summed E-state index contributed by atoms with van der Waals surface area (Å²) in [5.41, 5.74) is 2.28. The van der Waals surface area contributed by atoms with Crippen LogP contribution in [0.1, 0.15) is 47.4 Å². The number of rotatable bonds is 7. The van der Waals surface area contributed by atoms with Gasteiger partial charge in [0, 0.05) is 30.5 Å². The zero-order valence-electron chi connectivity index (χ0n) is 18.0. The van der Waals surface area contributed by atoms with Gasteiger partial charge in [0.1, 0.15) is 17.1 Å². The van der Waals surface area contributed by atoms with E-state index in [2.05, 4.69) is 15.5 Å². The highest BCUT2D eigenvalue weighted by Gasteiger charge is 2.22.